The number of para-hydroxylation sites is 1. The Bertz CT molecular complexity index is 488. The molecule has 1 heterocycles. The van der Waals surface area contributed by atoms with Crippen molar-refractivity contribution in [2.75, 3.05) is 24.7 Å². The second-order valence-corrected chi connectivity index (χ2v) is 7.50. The molecule has 1 saturated heterocycles. The summed E-state index contributed by atoms with van der Waals surface area (Å²) in [6.45, 7) is 6.61. The average Bonchev–Trinajstić information content (AvgIpc) is 2.54. The van der Waals surface area contributed by atoms with Gasteiger partial charge >= 0.3 is 0 Å². The van der Waals surface area contributed by atoms with Crippen LogP contribution in [-0.4, -0.2) is 36.6 Å². The van der Waals surface area contributed by atoms with Gasteiger partial charge in [0.25, 0.3) is 0 Å². The first kappa shape index (κ1) is 18.1. The minimum Gasteiger partial charge on any atom is -0.493 e. The fraction of sp³-hybridized carbons (Fsp3) is 0.611. The molecule has 2 rings (SSSR count). The molecule has 1 aromatic carbocycles. The van der Waals surface area contributed by atoms with Gasteiger partial charge in [-0.05, 0) is 18.4 Å². The average molecular weight is 337 g/mol. The van der Waals surface area contributed by atoms with Gasteiger partial charge in [-0.15, -0.1) is 0 Å². The first-order chi connectivity index (χ1) is 11.1. The minimum absolute atomic E-state index is 0.0991. The summed E-state index contributed by atoms with van der Waals surface area (Å²) in [5.74, 6) is 3.76. The van der Waals surface area contributed by atoms with Gasteiger partial charge in [0, 0.05) is 42.6 Å². The third-order valence-corrected chi connectivity index (χ3v) is 4.96. The van der Waals surface area contributed by atoms with Crippen molar-refractivity contribution in [3.63, 3.8) is 0 Å². The topological polar surface area (TPSA) is 50.4 Å². The Morgan fingerprint density at radius 2 is 2.26 bits per heavy atom. The van der Waals surface area contributed by atoms with Crippen molar-refractivity contribution >= 4 is 17.7 Å². The summed E-state index contributed by atoms with van der Waals surface area (Å²) >= 11 is 1.91. The highest BCUT2D eigenvalue weighted by atomic mass is 32.2. The van der Waals surface area contributed by atoms with Gasteiger partial charge in [0.15, 0.2) is 0 Å². The van der Waals surface area contributed by atoms with E-state index in [0.717, 1.165) is 35.8 Å². The van der Waals surface area contributed by atoms with E-state index in [2.05, 4.69) is 24.5 Å². The van der Waals surface area contributed by atoms with Crippen LogP contribution in [0.15, 0.2) is 24.3 Å². The highest BCUT2D eigenvalue weighted by molar-refractivity contribution is 7.99. The molecule has 0 aromatic heterocycles. The Hall–Kier alpha value is -1.20. The lowest BCUT2D eigenvalue weighted by Crippen LogP contribution is -2.41. The summed E-state index contributed by atoms with van der Waals surface area (Å²) in [5, 5.41) is 6.41. The number of rotatable bonds is 8. The fourth-order valence-electron chi connectivity index (χ4n) is 2.44. The molecule has 1 atom stereocenters. The number of hydrogen-bond donors (Lipinski definition) is 2. The molecule has 23 heavy (non-hydrogen) atoms. The van der Waals surface area contributed by atoms with Crippen molar-refractivity contribution in [3.05, 3.63) is 29.8 Å². The molecule has 1 fully saturated rings. The van der Waals surface area contributed by atoms with Crippen molar-refractivity contribution in [2.24, 2.45) is 5.92 Å². The van der Waals surface area contributed by atoms with E-state index in [9.17, 15) is 4.79 Å². The van der Waals surface area contributed by atoms with Gasteiger partial charge in [-0.25, -0.2) is 0 Å². The number of hydrogen-bond acceptors (Lipinski definition) is 4. The van der Waals surface area contributed by atoms with Crippen molar-refractivity contribution in [1.29, 1.82) is 0 Å². The Kier molecular flexibility index (Phi) is 7.76. The number of amides is 1. The highest BCUT2D eigenvalue weighted by Gasteiger charge is 2.16. The van der Waals surface area contributed by atoms with E-state index in [1.165, 1.54) is 0 Å². The lowest BCUT2D eigenvalue weighted by atomic mass is 10.1. The van der Waals surface area contributed by atoms with E-state index in [-0.39, 0.29) is 5.91 Å². The molecule has 1 aromatic rings. The largest absolute Gasteiger partial charge is 0.493 e. The van der Waals surface area contributed by atoms with Gasteiger partial charge in [-0.3, -0.25) is 4.79 Å². The SMILES string of the molecule is CC(C)CCOc1ccccc1CNC(=O)CC1CSCCN1. The van der Waals surface area contributed by atoms with Crippen molar-refractivity contribution in [2.45, 2.75) is 39.3 Å². The summed E-state index contributed by atoms with van der Waals surface area (Å²) in [6, 6.07) is 8.24. The summed E-state index contributed by atoms with van der Waals surface area (Å²) in [5.41, 5.74) is 1.04. The number of carbonyl (C=O) groups is 1. The zero-order chi connectivity index (χ0) is 16.5. The van der Waals surface area contributed by atoms with Crippen molar-refractivity contribution in [3.8, 4) is 5.75 Å². The Morgan fingerprint density at radius 3 is 3.00 bits per heavy atom. The molecule has 4 nitrogen and oxygen atoms in total. The second-order valence-electron chi connectivity index (χ2n) is 6.35. The van der Waals surface area contributed by atoms with Gasteiger partial charge in [0.1, 0.15) is 5.75 Å². The first-order valence-corrected chi connectivity index (χ1v) is 9.59. The van der Waals surface area contributed by atoms with Crippen molar-refractivity contribution in [1.82, 2.24) is 10.6 Å². The molecule has 0 spiro atoms. The van der Waals surface area contributed by atoms with E-state index in [4.69, 9.17) is 4.74 Å². The zero-order valence-corrected chi connectivity index (χ0v) is 15.0. The van der Waals surface area contributed by atoms with Crippen LogP contribution in [0.4, 0.5) is 0 Å². The van der Waals surface area contributed by atoms with E-state index < -0.39 is 0 Å². The standard InChI is InChI=1S/C18H28N2O2S/c1-14(2)7-9-22-17-6-4-3-5-15(17)12-20-18(21)11-16-13-23-10-8-19-16/h3-6,14,16,19H,7-13H2,1-2H3,(H,20,21). The quantitative estimate of drug-likeness (QED) is 0.766. The number of carbonyl (C=O) groups excluding carboxylic acids is 1. The molecule has 1 aliphatic heterocycles. The number of thioether (sulfide) groups is 1. The lowest BCUT2D eigenvalue weighted by Gasteiger charge is -2.22. The predicted octanol–water partition coefficient (Wildman–Crippen LogP) is 2.82. The molecule has 5 heteroatoms. The van der Waals surface area contributed by atoms with Gasteiger partial charge in [-0.1, -0.05) is 32.0 Å². The fourth-order valence-corrected chi connectivity index (χ4v) is 3.38. The Morgan fingerprint density at radius 1 is 1.43 bits per heavy atom. The smallest absolute Gasteiger partial charge is 0.221 e. The van der Waals surface area contributed by atoms with Crippen LogP contribution in [0.25, 0.3) is 0 Å². The van der Waals surface area contributed by atoms with Crippen LogP contribution < -0.4 is 15.4 Å². The molecule has 128 valence electrons. The molecular weight excluding hydrogens is 308 g/mol. The molecule has 1 unspecified atom stereocenters. The monoisotopic (exact) mass is 336 g/mol. The Labute approximate surface area is 143 Å². The summed E-state index contributed by atoms with van der Waals surface area (Å²) < 4.78 is 5.86. The van der Waals surface area contributed by atoms with Crippen LogP contribution in [0.3, 0.4) is 0 Å². The first-order valence-electron chi connectivity index (χ1n) is 8.43. The summed E-state index contributed by atoms with van der Waals surface area (Å²) in [6.07, 6.45) is 1.58. The van der Waals surface area contributed by atoms with Crippen LogP contribution >= 0.6 is 11.8 Å². The third kappa shape index (κ3) is 6.83. The lowest BCUT2D eigenvalue weighted by molar-refractivity contribution is -0.121. The van der Waals surface area contributed by atoms with E-state index in [1.54, 1.807) is 0 Å². The molecule has 1 aliphatic rings. The van der Waals surface area contributed by atoms with Gasteiger partial charge in [-0.2, -0.15) is 11.8 Å². The van der Waals surface area contributed by atoms with Crippen LogP contribution in [0, 0.1) is 5.92 Å². The molecular formula is C18H28N2O2S. The predicted molar refractivity (Wildman–Crippen MR) is 97.0 cm³/mol. The van der Waals surface area contributed by atoms with Crippen LogP contribution in [0.1, 0.15) is 32.3 Å². The maximum Gasteiger partial charge on any atom is 0.221 e. The van der Waals surface area contributed by atoms with Crippen LogP contribution in [-0.2, 0) is 11.3 Å². The van der Waals surface area contributed by atoms with E-state index in [1.807, 2.05) is 36.0 Å². The van der Waals surface area contributed by atoms with Crippen molar-refractivity contribution < 1.29 is 9.53 Å². The Balaban J connectivity index is 1.78. The second kappa shape index (κ2) is 9.83. The van der Waals surface area contributed by atoms with Crippen LogP contribution in [0.2, 0.25) is 0 Å². The maximum absolute atomic E-state index is 12.1. The van der Waals surface area contributed by atoms with Crippen LogP contribution in [0.5, 0.6) is 5.75 Å². The third-order valence-electron chi connectivity index (χ3n) is 3.83. The number of benzene rings is 1. The van der Waals surface area contributed by atoms with E-state index in [0.29, 0.717) is 31.5 Å². The molecule has 0 bridgehead atoms. The summed E-state index contributed by atoms with van der Waals surface area (Å²) in [4.78, 5) is 12.1. The molecule has 0 saturated carbocycles. The highest BCUT2D eigenvalue weighted by Crippen LogP contribution is 2.18. The zero-order valence-electron chi connectivity index (χ0n) is 14.1. The van der Waals surface area contributed by atoms with Gasteiger partial charge in [0.2, 0.25) is 5.91 Å². The summed E-state index contributed by atoms with van der Waals surface area (Å²) in [7, 11) is 0. The molecule has 0 radical (unpaired) electrons. The van der Waals surface area contributed by atoms with E-state index >= 15 is 0 Å². The molecule has 1 amide bonds. The van der Waals surface area contributed by atoms with Gasteiger partial charge < -0.3 is 15.4 Å². The maximum atomic E-state index is 12.1. The number of ether oxygens (including phenoxy) is 1. The number of nitrogens with one attached hydrogen (secondary N) is 2. The van der Waals surface area contributed by atoms with Gasteiger partial charge in [0.05, 0.1) is 6.61 Å². The molecule has 2 N–H and O–H groups in total. The normalized spacial score (nSPS) is 18.0. The molecule has 0 aliphatic carbocycles. The minimum atomic E-state index is 0.0991.